The number of pyridine rings is 1. The monoisotopic (exact) mass is 547 g/mol. The molecule has 0 unspecified atom stereocenters. The summed E-state index contributed by atoms with van der Waals surface area (Å²) in [4.78, 5) is 40.8. The van der Waals surface area contributed by atoms with Crippen LogP contribution < -0.4 is 10.9 Å². The highest BCUT2D eigenvalue weighted by Gasteiger charge is 2.31. The van der Waals surface area contributed by atoms with Crippen molar-refractivity contribution >= 4 is 21.7 Å². The second-order valence-corrected chi connectivity index (χ2v) is 11.2. The summed E-state index contributed by atoms with van der Waals surface area (Å²) >= 11 is 0. The lowest BCUT2D eigenvalue weighted by Crippen LogP contribution is -2.35. The molecule has 0 spiro atoms. The first-order valence-corrected chi connectivity index (χ1v) is 13.1. The maximum absolute atomic E-state index is 13.4. The van der Waals surface area contributed by atoms with Gasteiger partial charge in [-0.3, -0.25) is 19.0 Å². The predicted molar refractivity (Wildman–Crippen MR) is 133 cm³/mol. The van der Waals surface area contributed by atoms with Gasteiger partial charge < -0.3 is 10.2 Å². The highest BCUT2D eigenvalue weighted by Crippen LogP contribution is 2.31. The number of hydrogen-bond acceptors (Lipinski definition) is 5. The Labute approximate surface area is 216 Å². The molecule has 12 heteroatoms. The average molecular weight is 548 g/mol. The highest BCUT2D eigenvalue weighted by atomic mass is 32.2. The van der Waals surface area contributed by atoms with Gasteiger partial charge in [0.2, 0.25) is 0 Å². The fourth-order valence-electron chi connectivity index (χ4n) is 4.33. The fourth-order valence-corrected chi connectivity index (χ4v) is 5.87. The number of amides is 2. The Kier molecular flexibility index (Phi) is 6.96. The predicted octanol–water partition coefficient (Wildman–Crippen LogP) is 3.13. The second kappa shape index (κ2) is 9.75. The molecule has 8 nitrogen and oxygen atoms in total. The van der Waals surface area contributed by atoms with Crippen molar-refractivity contribution in [3.05, 3.63) is 92.4 Å². The van der Waals surface area contributed by atoms with E-state index in [1.165, 1.54) is 38.1 Å². The van der Waals surface area contributed by atoms with E-state index in [0.29, 0.717) is 17.5 Å². The molecule has 1 aliphatic heterocycles. The number of carbonyl (C=O) groups excluding carboxylic acids is 2. The number of carbonyl (C=O) groups is 2. The van der Waals surface area contributed by atoms with E-state index >= 15 is 0 Å². The first-order valence-electron chi connectivity index (χ1n) is 11.5. The van der Waals surface area contributed by atoms with Crippen LogP contribution in [0, 0.1) is 6.92 Å². The van der Waals surface area contributed by atoms with E-state index in [1.54, 1.807) is 12.1 Å². The molecule has 1 aliphatic rings. The molecule has 2 amide bonds. The molecule has 1 aromatic heterocycles. The zero-order valence-electron chi connectivity index (χ0n) is 20.7. The Hall–Kier alpha value is -3.93. The lowest BCUT2D eigenvalue weighted by molar-refractivity contribution is -0.137. The van der Waals surface area contributed by atoms with Gasteiger partial charge in [0, 0.05) is 32.0 Å². The number of nitrogens with one attached hydrogen (secondary N) is 1. The second-order valence-electron chi connectivity index (χ2n) is 9.14. The van der Waals surface area contributed by atoms with Crippen LogP contribution in [0.15, 0.2) is 58.2 Å². The topological polar surface area (TPSA) is 106 Å². The average Bonchev–Trinajstić information content (AvgIpc) is 3.15. The molecule has 0 aliphatic carbocycles. The lowest BCUT2D eigenvalue weighted by atomic mass is 10.1. The quantitative estimate of drug-likeness (QED) is 0.529. The third-order valence-corrected chi connectivity index (χ3v) is 8.12. The number of rotatable bonds is 5. The summed E-state index contributed by atoms with van der Waals surface area (Å²) in [6.45, 7) is 1.37. The fraction of sp³-hybridized carbons (Fsp3) is 0.269. The van der Waals surface area contributed by atoms with Crippen molar-refractivity contribution < 1.29 is 31.2 Å². The van der Waals surface area contributed by atoms with E-state index < -0.39 is 44.5 Å². The van der Waals surface area contributed by atoms with Gasteiger partial charge in [0.1, 0.15) is 5.56 Å². The zero-order valence-corrected chi connectivity index (χ0v) is 21.5. The Morgan fingerprint density at radius 2 is 1.76 bits per heavy atom. The molecule has 0 fully saturated rings. The van der Waals surface area contributed by atoms with Crippen molar-refractivity contribution in [2.24, 2.45) is 0 Å². The molecule has 2 heterocycles. The summed E-state index contributed by atoms with van der Waals surface area (Å²) in [5.74, 6) is -1.37. The van der Waals surface area contributed by atoms with E-state index in [2.05, 4.69) is 5.32 Å². The Morgan fingerprint density at radius 3 is 2.42 bits per heavy atom. The lowest BCUT2D eigenvalue weighted by Gasteiger charge is -2.19. The van der Waals surface area contributed by atoms with Crippen LogP contribution in [0.4, 0.5) is 13.2 Å². The van der Waals surface area contributed by atoms with Crippen molar-refractivity contribution in [1.82, 2.24) is 14.8 Å². The molecular formula is C26H24F3N3O5S. The SMILES string of the molecule is Cc1c(C(=O)N(C)C)cc(C(=O)NCc2ccc3c(c2)CCS3(=O)=O)c(=O)n1-c1cccc(C(F)(F)F)c1. The number of fused-ring (bicyclic) bond motifs is 1. The molecule has 0 saturated heterocycles. The van der Waals surface area contributed by atoms with Gasteiger partial charge in [-0.15, -0.1) is 0 Å². The van der Waals surface area contributed by atoms with Gasteiger partial charge >= 0.3 is 6.18 Å². The van der Waals surface area contributed by atoms with Crippen LogP contribution in [0.1, 0.15) is 43.1 Å². The van der Waals surface area contributed by atoms with Crippen molar-refractivity contribution in [2.45, 2.75) is 31.0 Å². The molecule has 1 N–H and O–H groups in total. The minimum absolute atomic E-state index is 0.0132. The summed E-state index contributed by atoms with van der Waals surface area (Å²) < 4.78 is 65.0. The number of aromatic nitrogens is 1. The van der Waals surface area contributed by atoms with Crippen LogP contribution in [-0.2, 0) is 29.0 Å². The van der Waals surface area contributed by atoms with E-state index in [9.17, 15) is 36.0 Å². The van der Waals surface area contributed by atoms with Gasteiger partial charge in [0.05, 0.1) is 21.8 Å². The molecule has 2 aromatic carbocycles. The van der Waals surface area contributed by atoms with Crippen molar-refractivity contribution in [2.75, 3.05) is 19.8 Å². The summed E-state index contributed by atoms with van der Waals surface area (Å²) in [6, 6.07) is 9.88. The van der Waals surface area contributed by atoms with Crippen LogP contribution in [-0.4, -0.2) is 49.5 Å². The van der Waals surface area contributed by atoms with Crippen LogP contribution in [0.3, 0.4) is 0 Å². The Bertz CT molecular complexity index is 1630. The molecule has 0 atom stereocenters. The minimum atomic E-state index is -4.67. The molecule has 200 valence electrons. The van der Waals surface area contributed by atoms with Gasteiger partial charge in [-0.2, -0.15) is 13.2 Å². The maximum atomic E-state index is 13.4. The van der Waals surface area contributed by atoms with E-state index in [4.69, 9.17) is 0 Å². The molecule has 0 radical (unpaired) electrons. The number of nitrogens with zero attached hydrogens (tertiary/aromatic N) is 2. The first-order chi connectivity index (χ1) is 17.7. The van der Waals surface area contributed by atoms with Crippen LogP contribution in [0.5, 0.6) is 0 Å². The standard InChI is InChI=1S/C26H24F3N3O5S/c1-15-20(24(34)31(2)3)13-21(25(35)32(15)19-6-4-5-18(12-19)26(27,28)29)23(33)30-14-16-7-8-22-17(11-16)9-10-38(22,36)37/h4-8,11-13H,9-10,14H2,1-3H3,(H,30,33). The third kappa shape index (κ3) is 5.08. The Balaban J connectivity index is 1.75. The van der Waals surface area contributed by atoms with Crippen LogP contribution >= 0.6 is 0 Å². The molecule has 0 bridgehead atoms. The normalized spacial score (nSPS) is 14.2. The third-order valence-electron chi connectivity index (χ3n) is 6.31. The zero-order chi connectivity index (χ0) is 28.0. The van der Waals surface area contributed by atoms with E-state index in [1.807, 2.05) is 0 Å². The summed E-state index contributed by atoms with van der Waals surface area (Å²) in [6.07, 6.45) is -4.31. The largest absolute Gasteiger partial charge is 0.416 e. The van der Waals surface area contributed by atoms with Crippen LogP contribution in [0.25, 0.3) is 5.69 Å². The van der Waals surface area contributed by atoms with Gasteiger partial charge in [-0.25, -0.2) is 8.42 Å². The molecule has 4 rings (SSSR count). The summed E-state index contributed by atoms with van der Waals surface area (Å²) in [5.41, 5.74) is -1.18. The van der Waals surface area contributed by atoms with Gasteiger partial charge in [0.15, 0.2) is 9.84 Å². The number of hydrogen-bond donors (Lipinski definition) is 1. The van der Waals surface area contributed by atoms with Crippen molar-refractivity contribution in [1.29, 1.82) is 0 Å². The molecular weight excluding hydrogens is 523 g/mol. The minimum Gasteiger partial charge on any atom is -0.348 e. The van der Waals surface area contributed by atoms with Crippen molar-refractivity contribution in [3.8, 4) is 5.69 Å². The number of sulfone groups is 1. The molecule has 3 aromatic rings. The smallest absolute Gasteiger partial charge is 0.348 e. The first kappa shape index (κ1) is 27.1. The number of halogens is 3. The number of aryl methyl sites for hydroxylation is 1. The number of benzene rings is 2. The summed E-state index contributed by atoms with van der Waals surface area (Å²) in [7, 11) is -0.373. The maximum Gasteiger partial charge on any atom is 0.416 e. The highest BCUT2D eigenvalue weighted by molar-refractivity contribution is 7.91. The molecule has 38 heavy (non-hydrogen) atoms. The van der Waals surface area contributed by atoms with Gasteiger partial charge in [-0.05, 0) is 54.8 Å². The van der Waals surface area contributed by atoms with Crippen LogP contribution in [0.2, 0.25) is 0 Å². The van der Waals surface area contributed by atoms with Gasteiger partial charge in [-0.1, -0.05) is 18.2 Å². The number of alkyl halides is 3. The van der Waals surface area contributed by atoms with Gasteiger partial charge in [0.25, 0.3) is 17.4 Å². The summed E-state index contributed by atoms with van der Waals surface area (Å²) in [5, 5.41) is 2.59. The molecule has 0 saturated carbocycles. The Morgan fingerprint density at radius 1 is 1.05 bits per heavy atom. The van der Waals surface area contributed by atoms with E-state index in [0.717, 1.165) is 28.8 Å². The van der Waals surface area contributed by atoms with E-state index in [-0.39, 0.29) is 34.1 Å². The van der Waals surface area contributed by atoms with Crippen molar-refractivity contribution in [3.63, 3.8) is 0 Å².